The Morgan fingerprint density at radius 2 is 2.17 bits per heavy atom. The maximum atomic E-state index is 13.0. The molecule has 1 aliphatic carbocycles. The summed E-state index contributed by atoms with van der Waals surface area (Å²) in [4.78, 5) is 39.2. The molecule has 4 amide bonds. The smallest absolute Gasteiger partial charge is 0.323 e. The summed E-state index contributed by atoms with van der Waals surface area (Å²) in [6.07, 6.45) is 5.05. The van der Waals surface area contributed by atoms with Crippen LogP contribution < -0.4 is 10.6 Å². The highest BCUT2D eigenvalue weighted by molar-refractivity contribution is 9.10. The van der Waals surface area contributed by atoms with Crippen molar-refractivity contribution in [2.75, 3.05) is 11.9 Å². The minimum absolute atomic E-state index is 0.0578. The molecule has 1 aliphatic heterocycles. The number of nitrogens with zero attached hydrogens (tertiary/aromatic N) is 3. The van der Waals surface area contributed by atoms with Gasteiger partial charge in [0.15, 0.2) is 0 Å². The van der Waals surface area contributed by atoms with Gasteiger partial charge in [-0.25, -0.2) is 9.48 Å². The lowest BCUT2D eigenvalue weighted by atomic mass is 9.73. The Bertz CT molecular complexity index is 991. The number of halogens is 1. The second-order valence-corrected chi connectivity index (χ2v) is 8.91. The van der Waals surface area contributed by atoms with Gasteiger partial charge in [0.1, 0.15) is 17.9 Å². The molecule has 0 bridgehead atoms. The molecule has 1 saturated heterocycles. The van der Waals surface area contributed by atoms with Crippen LogP contribution in [0.15, 0.2) is 41.0 Å². The maximum Gasteiger partial charge on any atom is 0.325 e. The number of urea groups is 1. The highest BCUT2D eigenvalue weighted by Gasteiger charge is 2.55. The van der Waals surface area contributed by atoms with Crippen LogP contribution >= 0.6 is 15.9 Å². The van der Waals surface area contributed by atoms with Gasteiger partial charge in [-0.05, 0) is 36.5 Å². The molecule has 2 unspecified atom stereocenters. The van der Waals surface area contributed by atoms with Gasteiger partial charge in [-0.15, -0.1) is 0 Å². The minimum atomic E-state index is -0.863. The molecular weight excluding hydrogens is 450 g/mol. The fourth-order valence-corrected chi connectivity index (χ4v) is 4.78. The summed E-state index contributed by atoms with van der Waals surface area (Å²) in [5.41, 5.74) is 0.156. The van der Waals surface area contributed by atoms with Crippen molar-refractivity contribution in [3.63, 3.8) is 0 Å². The number of aromatic nitrogens is 2. The average molecular weight is 474 g/mol. The SMILES string of the molecule is CC1CCCCC12NC(=O)N(CC(=O)Nc1ccnn1Cc1cccc(Br)c1)C2=O. The minimum Gasteiger partial charge on any atom is -0.323 e. The summed E-state index contributed by atoms with van der Waals surface area (Å²) < 4.78 is 2.62. The zero-order chi connectivity index (χ0) is 21.3. The lowest BCUT2D eigenvalue weighted by Crippen LogP contribution is -2.54. The molecule has 1 saturated carbocycles. The Labute approximate surface area is 183 Å². The van der Waals surface area contributed by atoms with E-state index < -0.39 is 17.5 Å². The number of nitrogens with one attached hydrogen (secondary N) is 2. The number of rotatable bonds is 5. The van der Waals surface area contributed by atoms with Crippen LogP contribution in [-0.2, 0) is 16.1 Å². The summed E-state index contributed by atoms with van der Waals surface area (Å²) in [6, 6.07) is 9.01. The normalized spacial score (nSPS) is 23.7. The van der Waals surface area contributed by atoms with Crippen molar-refractivity contribution in [3.05, 3.63) is 46.6 Å². The molecule has 2 aliphatic rings. The van der Waals surface area contributed by atoms with Crippen molar-refractivity contribution >= 4 is 39.6 Å². The van der Waals surface area contributed by atoms with Gasteiger partial charge in [0.25, 0.3) is 5.91 Å². The van der Waals surface area contributed by atoms with Gasteiger partial charge in [0, 0.05) is 10.5 Å². The monoisotopic (exact) mass is 473 g/mol. The van der Waals surface area contributed by atoms with E-state index in [0.717, 1.165) is 34.2 Å². The summed E-state index contributed by atoms with van der Waals surface area (Å²) in [7, 11) is 0. The van der Waals surface area contributed by atoms with Crippen molar-refractivity contribution in [2.24, 2.45) is 5.92 Å². The van der Waals surface area contributed by atoms with Crippen molar-refractivity contribution < 1.29 is 14.4 Å². The topological polar surface area (TPSA) is 96.3 Å². The summed E-state index contributed by atoms with van der Waals surface area (Å²) in [5.74, 6) is -0.164. The van der Waals surface area contributed by atoms with Gasteiger partial charge in [0.2, 0.25) is 5.91 Å². The molecule has 2 fully saturated rings. The van der Waals surface area contributed by atoms with Crippen molar-refractivity contribution in [3.8, 4) is 0 Å². The molecule has 1 spiro atoms. The molecule has 2 heterocycles. The number of benzene rings is 1. The fraction of sp³-hybridized carbons (Fsp3) is 0.429. The van der Waals surface area contributed by atoms with Crippen LogP contribution in [0.5, 0.6) is 0 Å². The third-order valence-corrected chi connectivity index (χ3v) is 6.50. The second kappa shape index (κ2) is 8.22. The second-order valence-electron chi connectivity index (χ2n) is 7.99. The largest absolute Gasteiger partial charge is 0.325 e. The first-order chi connectivity index (χ1) is 14.4. The Hall–Kier alpha value is -2.68. The Morgan fingerprint density at radius 1 is 1.33 bits per heavy atom. The highest BCUT2D eigenvalue weighted by atomic mass is 79.9. The molecule has 8 nitrogen and oxygen atoms in total. The summed E-state index contributed by atoms with van der Waals surface area (Å²) >= 11 is 3.44. The number of hydrogen-bond donors (Lipinski definition) is 2. The standard InChI is InChI=1S/C21H24BrN5O3/c1-14-5-2-3-9-21(14)19(29)26(20(30)25-21)13-18(28)24-17-8-10-23-27(17)12-15-6-4-7-16(22)11-15/h4,6-8,10-11,14H,2-3,5,9,12-13H2,1H3,(H,24,28)(H,25,30). The molecule has 0 radical (unpaired) electrons. The van der Waals surface area contributed by atoms with Gasteiger partial charge in [-0.2, -0.15) is 5.10 Å². The average Bonchev–Trinajstić information content (AvgIpc) is 3.22. The van der Waals surface area contributed by atoms with Crippen molar-refractivity contribution in [1.29, 1.82) is 0 Å². The van der Waals surface area contributed by atoms with Crippen LogP contribution in [0.1, 0.15) is 38.2 Å². The van der Waals surface area contributed by atoms with E-state index in [4.69, 9.17) is 0 Å². The molecule has 2 atom stereocenters. The van der Waals surface area contributed by atoms with E-state index in [-0.39, 0.29) is 18.4 Å². The Balaban J connectivity index is 1.43. The van der Waals surface area contributed by atoms with E-state index in [1.54, 1.807) is 16.9 Å². The predicted octanol–water partition coefficient (Wildman–Crippen LogP) is 3.13. The molecule has 30 heavy (non-hydrogen) atoms. The molecule has 2 aromatic rings. The zero-order valence-corrected chi connectivity index (χ0v) is 18.3. The zero-order valence-electron chi connectivity index (χ0n) is 16.7. The molecule has 1 aromatic heterocycles. The quantitative estimate of drug-likeness (QED) is 0.651. The number of amides is 4. The van der Waals surface area contributed by atoms with Gasteiger partial charge in [-0.1, -0.05) is 47.8 Å². The lowest BCUT2D eigenvalue weighted by molar-refractivity contribution is -0.136. The highest BCUT2D eigenvalue weighted by Crippen LogP contribution is 2.38. The van der Waals surface area contributed by atoms with E-state index >= 15 is 0 Å². The van der Waals surface area contributed by atoms with Gasteiger partial charge < -0.3 is 10.6 Å². The third kappa shape index (κ3) is 3.86. The molecule has 4 rings (SSSR count). The number of imide groups is 1. The van der Waals surface area contributed by atoms with E-state index in [1.165, 1.54) is 0 Å². The van der Waals surface area contributed by atoms with E-state index in [1.807, 2.05) is 31.2 Å². The van der Waals surface area contributed by atoms with E-state index in [2.05, 4.69) is 31.7 Å². The number of carbonyl (C=O) groups excluding carboxylic acids is 3. The van der Waals surface area contributed by atoms with Crippen LogP contribution in [0.25, 0.3) is 0 Å². The fourth-order valence-electron chi connectivity index (χ4n) is 4.34. The molecule has 158 valence electrons. The van der Waals surface area contributed by atoms with Gasteiger partial charge in [-0.3, -0.25) is 14.5 Å². The van der Waals surface area contributed by atoms with Crippen LogP contribution in [-0.4, -0.2) is 44.6 Å². The molecule has 9 heteroatoms. The van der Waals surface area contributed by atoms with Crippen LogP contribution in [0.4, 0.5) is 10.6 Å². The van der Waals surface area contributed by atoms with E-state index in [0.29, 0.717) is 18.8 Å². The first-order valence-corrected chi connectivity index (χ1v) is 10.9. The maximum absolute atomic E-state index is 13.0. The van der Waals surface area contributed by atoms with Crippen LogP contribution in [0.2, 0.25) is 0 Å². The van der Waals surface area contributed by atoms with Gasteiger partial charge >= 0.3 is 6.03 Å². The molecule has 1 aromatic carbocycles. The Kier molecular flexibility index (Phi) is 5.64. The number of anilines is 1. The van der Waals surface area contributed by atoms with E-state index in [9.17, 15) is 14.4 Å². The number of carbonyl (C=O) groups is 3. The lowest BCUT2D eigenvalue weighted by Gasteiger charge is -2.36. The molecular formula is C21H24BrN5O3. The summed E-state index contributed by atoms with van der Waals surface area (Å²) in [6.45, 7) is 2.15. The molecule has 2 N–H and O–H groups in total. The van der Waals surface area contributed by atoms with Crippen LogP contribution in [0.3, 0.4) is 0 Å². The number of hydrogen-bond acceptors (Lipinski definition) is 4. The van der Waals surface area contributed by atoms with Crippen molar-refractivity contribution in [1.82, 2.24) is 20.0 Å². The summed E-state index contributed by atoms with van der Waals surface area (Å²) in [5, 5.41) is 9.90. The van der Waals surface area contributed by atoms with Crippen molar-refractivity contribution in [2.45, 2.75) is 44.7 Å². The first kappa shape index (κ1) is 20.6. The first-order valence-electron chi connectivity index (χ1n) is 10.1. The Morgan fingerprint density at radius 3 is 2.93 bits per heavy atom. The van der Waals surface area contributed by atoms with Crippen LogP contribution in [0, 0.1) is 5.92 Å². The predicted molar refractivity (Wildman–Crippen MR) is 115 cm³/mol. The van der Waals surface area contributed by atoms with Gasteiger partial charge in [0.05, 0.1) is 12.7 Å². The third-order valence-electron chi connectivity index (χ3n) is 6.01.